The standard InChI is InChI=1S/C20H30O2/c1-13(2)16-12-19(22)20(5)11-10-14(3)6-9-18(21)15(4)7-8-17(16)20/h7,10,16-18,21H,1,6,8-9,11-12H2,2-5H3/t16-,17+,18-,20-/m1/s1. The molecule has 0 bridgehead atoms. The molecule has 2 rings (SSSR count). The molecule has 2 aliphatic carbocycles. The molecule has 22 heavy (non-hydrogen) atoms. The van der Waals surface area contributed by atoms with Crippen LogP contribution in [0, 0.1) is 17.3 Å². The summed E-state index contributed by atoms with van der Waals surface area (Å²) in [5.41, 5.74) is 3.14. The van der Waals surface area contributed by atoms with Gasteiger partial charge < -0.3 is 5.11 Å². The van der Waals surface area contributed by atoms with Crippen molar-refractivity contribution in [2.24, 2.45) is 17.3 Å². The van der Waals surface area contributed by atoms with E-state index in [1.54, 1.807) is 0 Å². The second kappa shape index (κ2) is 6.54. The molecule has 2 nitrogen and oxygen atoms in total. The summed E-state index contributed by atoms with van der Waals surface area (Å²) in [5, 5.41) is 10.3. The van der Waals surface area contributed by atoms with Gasteiger partial charge in [-0.05, 0) is 63.9 Å². The van der Waals surface area contributed by atoms with Crippen molar-refractivity contribution >= 4 is 5.78 Å². The Morgan fingerprint density at radius 1 is 1.36 bits per heavy atom. The number of allylic oxidation sites excluding steroid dienone is 4. The first kappa shape index (κ1) is 17.2. The van der Waals surface area contributed by atoms with E-state index in [2.05, 4.69) is 32.6 Å². The Hall–Kier alpha value is -1.15. The van der Waals surface area contributed by atoms with Gasteiger partial charge in [-0.1, -0.05) is 36.8 Å². The highest BCUT2D eigenvalue weighted by Gasteiger charge is 2.50. The molecule has 0 aromatic carbocycles. The summed E-state index contributed by atoms with van der Waals surface area (Å²) in [4.78, 5) is 12.7. The van der Waals surface area contributed by atoms with Crippen molar-refractivity contribution in [2.45, 2.75) is 65.9 Å². The summed E-state index contributed by atoms with van der Waals surface area (Å²) in [5.74, 6) is 0.940. The summed E-state index contributed by atoms with van der Waals surface area (Å²) >= 11 is 0. The highest BCUT2D eigenvalue weighted by Crippen LogP contribution is 2.51. The van der Waals surface area contributed by atoms with E-state index in [9.17, 15) is 9.90 Å². The van der Waals surface area contributed by atoms with E-state index in [1.807, 2.05) is 13.8 Å². The molecule has 2 aliphatic rings. The van der Waals surface area contributed by atoms with Gasteiger partial charge in [-0.3, -0.25) is 4.79 Å². The van der Waals surface area contributed by atoms with Crippen molar-refractivity contribution in [1.29, 1.82) is 0 Å². The third-order valence-electron chi connectivity index (χ3n) is 5.89. The fraction of sp³-hybridized carbons (Fsp3) is 0.650. The lowest BCUT2D eigenvalue weighted by atomic mass is 9.71. The van der Waals surface area contributed by atoms with Crippen LogP contribution in [-0.4, -0.2) is 17.0 Å². The monoisotopic (exact) mass is 302 g/mol. The summed E-state index contributed by atoms with van der Waals surface area (Å²) in [6.07, 6.45) is 7.97. The van der Waals surface area contributed by atoms with Gasteiger partial charge in [-0.25, -0.2) is 0 Å². The van der Waals surface area contributed by atoms with E-state index >= 15 is 0 Å². The lowest BCUT2D eigenvalue weighted by Crippen LogP contribution is -2.30. The van der Waals surface area contributed by atoms with Gasteiger partial charge in [0.15, 0.2) is 0 Å². The highest BCUT2D eigenvalue weighted by atomic mass is 16.3. The zero-order chi connectivity index (χ0) is 16.5. The van der Waals surface area contributed by atoms with Crippen LogP contribution >= 0.6 is 0 Å². The predicted octanol–water partition coefficient (Wildman–Crippen LogP) is 4.60. The van der Waals surface area contributed by atoms with E-state index in [-0.39, 0.29) is 17.4 Å². The van der Waals surface area contributed by atoms with Crippen molar-refractivity contribution in [2.75, 3.05) is 0 Å². The number of aliphatic hydroxyl groups is 1. The molecule has 1 saturated carbocycles. The van der Waals surface area contributed by atoms with Crippen LogP contribution < -0.4 is 0 Å². The number of hydrogen-bond donors (Lipinski definition) is 1. The van der Waals surface area contributed by atoms with Gasteiger partial charge >= 0.3 is 0 Å². The van der Waals surface area contributed by atoms with E-state index in [0.717, 1.165) is 36.8 Å². The second-order valence-electron chi connectivity index (χ2n) is 7.60. The number of fused-ring (bicyclic) bond motifs is 1. The van der Waals surface area contributed by atoms with Gasteiger partial charge in [0.05, 0.1) is 6.10 Å². The average Bonchev–Trinajstić information content (AvgIpc) is 2.71. The Kier molecular flexibility index (Phi) is 5.11. The molecule has 0 aromatic rings. The Morgan fingerprint density at radius 3 is 2.68 bits per heavy atom. The third-order valence-corrected chi connectivity index (χ3v) is 5.89. The molecule has 4 atom stereocenters. The maximum atomic E-state index is 12.7. The molecule has 0 spiro atoms. The Labute approximate surface area is 135 Å². The number of carbonyl (C=O) groups excluding carboxylic acids is 1. The van der Waals surface area contributed by atoms with Crippen LogP contribution in [0.15, 0.2) is 35.5 Å². The lowest BCUT2D eigenvalue weighted by Gasteiger charge is -2.32. The first-order valence-corrected chi connectivity index (χ1v) is 8.44. The molecular weight excluding hydrogens is 272 g/mol. The molecule has 0 amide bonds. The van der Waals surface area contributed by atoms with Gasteiger partial charge in [0.2, 0.25) is 0 Å². The molecule has 122 valence electrons. The zero-order valence-electron chi connectivity index (χ0n) is 14.5. The molecule has 0 aliphatic heterocycles. The van der Waals surface area contributed by atoms with Gasteiger partial charge in [0.1, 0.15) is 5.78 Å². The smallest absolute Gasteiger partial charge is 0.139 e. The molecule has 0 heterocycles. The number of Topliss-reactive ketones (excluding diaryl/α,β-unsaturated/α-hetero) is 1. The van der Waals surface area contributed by atoms with Crippen LogP contribution in [0.3, 0.4) is 0 Å². The molecule has 0 aromatic heterocycles. The van der Waals surface area contributed by atoms with Gasteiger partial charge in [0, 0.05) is 11.8 Å². The van der Waals surface area contributed by atoms with Crippen LogP contribution in [0.25, 0.3) is 0 Å². The van der Waals surface area contributed by atoms with E-state index in [0.29, 0.717) is 18.1 Å². The Morgan fingerprint density at radius 2 is 2.05 bits per heavy atom. The fourth-order valence-corrected chi connectivity index (χ4v) is 3.96. The van der Waals surface area contributed by atoms with Crippen LogP contribution in [0.1, 0.15) is 59.8 Å². The van der Waals surface area contributed by atoms with E-state index in [4.69, 9.17) is 0 Å². The number of ketones is 1. The van der Waals surface area contributed by atoms with Crippen LogP contribution in [0.4, 0.5) is 0 Å². The minimum atomic E-state index is -0.368. The number of rotatable bonds is 1. The van der Waals surface area contributed by atoms with Gasteiger partial charge in [0.25, 0.3) is 0 Å². The van der Waals surface area contributed by atoms with Crippen LogP contribution in [0.2, 0.25) is 0 Å². The zero-order valence-corrected chi connectivity index (χ0v) is 14.5. The highest BCUT2D eigenvalue weighted by molar-refractivity contribution is 5.88. The maximum absolute atomic E-state index is 12.7. The molecule has 1 N–H and O–H groups in total. The van der Waals surface area contributed by atoms with Crippen LogP contribution in [0.5, 0.6) is 0 Å². The topological polar surface area (TPSA) is 37.3 Å². The Balaban J connectivity index is 2.41. The van der Waals surface area contributed by atoms with Crippen molar-refractivity contribution in [1.82, 2.24) is 0 Å². The van der Waals surface area contributed by atoms with E-state index in [1.165, 1.54) is 5.57 Å². The fourth-order valence-electron chi connectivity index (χ4n) is 3.96. The molecule has 2 heteroatoms. The average molecular weight is 302 g/mol. The third kappa shape index (κ3) is 3.27. The molecule has 0 unspecified atom stereocenters. The van der Waals surface area contributed by atoms with Gasteiger partial charge in [-0.2, -0.15) is 0 Å². The number of carbonyl (C=O) groups is 1. The summed E-state index contributed by atoms with van der Waals surface area (Å²) in [7, 11) is 0. The van der Waals surface area contributed by atoms with Crippen molar-refractivity contribution in [3.63, 3.8) is 0 Å². The first-order valence-electron chi connectivity index (χ1n) is 8.44. The molecular formula is C20H30O2. The molecule has 1 fully saturated rings. The van der Waals surface area contributed by atoms with Gasteiger partial charge in [-0.15, -0.1) is 0 Å². The quantitative estimate of drug-likeness (QED) is 0.719. The Bertz CT molecular complexity index is 526. The second-order valence-corrected chi connectivity index (χ2v) is 7.60. The van der Waals surface area contributed by atoms with Crippen LogP contribution in [-0.2, 0) is 4.79 Å². The van der Waals surface area contributed by atoms with E-state index < -0.39 is 0 Å². The van der Waals surface area contributed by atoms with Crippen molar-refractivity contribution < 1.29 is 9.90 Å². The first-order chi connectivity index (χ1) is 10.3. The maximum Gasteiger partial charge on any atom is 0.139 e. The van der Waals surface area contributed by atoms with Crippen molar-refractivity contribution in [3.05, 3.63) is 35.5 Å². The number of aliphatic hydroxyl groups excluding tert-OH is 1. The SMILES string of the molecule is C=C(C)[C@H]1CC(=O)[C@]2(C)CC=C(C)CC[C@@H](O)C(C)=CC[C@@H]12. The molecule has 0 radical (unpaired) electrons. The predicted molar refractivity (Wildman–Crippen MR) is 91.5 cm³/mol. The largest absolute Gasteiger partial charge is 0.389 e. The normalized spacial score (nSPS) is 37.0. The number of hydrogen-bond acceptors (Lipinski definition) is 2. The lowest BCUT2D eigenvalue weighted by molar-refractivity contribution is -0.126. The minimum absolute atomic E-state index is 0.271. The molecule has 0 saturated heterocycles. The summed E-state index contributed by atoms with van der Waals surface area (Å²) in [6.45, 7) is 12.4. The van der Waals surface area contributed by atoms with Crippen molar-refractivity contribution in [3.8, 4) is 0 Å². The minimum Gasteiger partial charge on any atom is -0.389 e. The summed E-state index contributed by atoms with van der Waals surface area (Å²) in [6, 6.07) is 0. The summed E-state index contributed by atoms with van der Waals surface area (Å²) < 4.78 is 0.